The summed E-state index contributed by atoms with van der Waals surface area (Å²) < 4.78 is 0. The fraction of sp³-hybridized carbons (Fsp3) is 0.867. The number of piperidine rings is 1. The van der Waals surface area contributed by atoms with Gasteiger partial charge in [-0.1, -0.05) is 13.8 Å². The Hall–Kier alpha value is -1.10. The van der Waals surface area contributed by atoms with Crippen molar-refractivity contribution in [3.8, 4) is 0 Å². The van der Waals surface area contributed by atoms with E-state index in [4.69, 9.17) is 0 Å². The second-order valence-corrected chi connectivity index (χ2v) is 6.65. The monoisotopic (exact) mass is 284 g/mol. The highest BCUT2D eigenvalue weighted by Crippen LogP contribution is 2.32. The smallest absolute Gasteiger partial charge is 0.310 e. The SMILES string of the molecule is CC(C)C(C)(CC(=O)N1CCCC(N(C)C)C1)C(=O)O. The number of carboxylic acid groups (broad SMARTS) is 1. The molecule has 1 heterocycles. The summed E-state index contributed by atoms with van der Waals surface area (Å²) in [4.78, 5) is 27.9. The predicted molar refractivity (Wildman–Crippen MR) is 78.5 cm³/mol. The first-order chi connectivity index (χ1) is 9.18. The summed E-state index contributed by atoms with van der Waals surface area (Å²) in [5.41, 5.74) is -0.984. The van der Waals surface area contributed by atoms with Gasteiger partial charge in [-0.15, -0.1) is 0 Å². The minimum absolute atomic E-state index is 0.0323. The Morgan fingerprint density at radius 3 is 2.45 bits per heavy atom. The lowest BCUT2D eigenvalue weighted by molar-refractivity contribution is -0.156. The average Bonchev–Trinajstić information content (AvgIpc) is 2.38. The molecule has 1 saturated heterocycles. The summed E-state index contributed by atoms with van der Waals surface area (Å²) in [6.07, 6.45) is 2.16. The fourth-order valence-corrected chi connectivity index (χ4v) is 2.56. The fourth-order valence-electron chi connectivity index (χ4n) is 2.56. The zero-order valence-electron chi connectivity index (χ0n) is 13.3. The Morgan fingerprint density at radius 2 is 2.00 bits per heavy atom. The third kappa shape index (κ3) is 3.72. The van der Waals surface area contributed by atoms with Gasteiger partial charge < -0.3 is 14.9 Å². The largest absolute Gasteiger partial charge is 0.481 e. The highest BCUT2D eigenvalue weighted by molar-refractivity contribution is 5.85. The van der Waals surface area contributed by atoms with Crippen molar-refractivity contribution in [2.45, 2.75) is 46.1 Å². The molecule has 2 atom stereocenters. The van der Waals surface area contributed by atoms with Gasteiger partial charge in [-0.3, -0.25) is 9.59 Å². The molecule has 1 aliphatic heterocycles. The molecule has 0 bridgehead atoms. The van der Waals surface area contributed by atoms with Crippen LogP contribution in [0.25, 0.3) is 0 Å². The van der Waals surface area contributed by atoms with Crippen molar-refractivity contribution in [2.24, 2.45) is 11.3 Å². The van der Waals surface area contributed by atoms with E-state index in [0.717, 1.165) is 19.4 Å². The van der Waals surface area contributed by atoms with Crippen LogP contribution in [-0.4, -0.2) is 60.0 Å². The van der Waals surface area contributed by atoms with Crippen molar-refractivity contribution in [3.63, 3.8) is 0 Å². The number of likely N-dealkylation sites (N-methyl/N-ethyl adjacent to an activating group) is 1. The van der Waals surface area contributed by atoms with Crippen LogP contribution in [0, 0.1) is 11.3 Å². The molecule has 2 unspecified atom stereocenters. The summed E-state index contributed by atoms with van der Waals surface area (Å²) in [6, 6.07) is 0.378. The molecule has 0 radical (unpaired) electrons. The third-order valence-corrected chi connectivity index (χ3v) is 4.76. The minimum Gasteiger partial charge on any atom is -0.481 e. The van der Waals surface area contributed by atoms with Gasteiger partial charge in [0.25, 0.3) is 0 Å². The van der Waals surface area contributed by atoms with E-state index in [1.165, 1.54) is 0 Å². The van der Waals surface area contributed by atoms with E-state index in [1.54, 1.807) is 6.92 Å². The molecule has 1 N–H and O–H groups in total. The van der Waals surface area contributed by atoms with E-state index in [-0.39, 0.29) is 18.2 Å². The molecule has 0 saturated carbocycles. The second-order valence-electron chi connectivity index (χ2n) is 6.65. The van der Waals surface area contributed by atoms with Crippen molar-refractivity contribution < 1.29 is 14.7 Å². The molecule has 116 valence electrons. The number of carboxylic acids is 1. The number of nitrogens with zero attached hydrogens (tertiary/aromatic N) is 2. The third-order valence-electron chi connectivity index (χ3n) is 4.76. The Bertz CT molecular complexity index is 368. The minimum atomic E-state index is -0.984. The maximum atomic E-state index is 12.4. The van der Waals surface area contributed by atoms with Crippen molar-refractivity contribution >= 4 is 11.9 Å². The lowest BCUT2D eigenvalue weighted by Crippen LogP contribution is -2.49. The van der Waals surface area contributed by atoms with Crippen molar-refractivity contribution in [1.29, 1.82) is 0 Å². The lowest BCUT2D eigenvalue weighted by atomic mass is 9.76. The van der Waals surface area contributed by atoms with E-state index in [0.29, 0.717) is 12.6 Å². The topological polar surface area (TPSA) is 60.9 Å². The number of aliphatic carboxylic acids is 1. The maximum Gasteiger partial charge on any atom is 0.310 e. The Morgan fingerprint density at radius 1 is 1.40 bits per heavy atom. The van der Waals surface area contributed by atoms with Crippen molar-refractivity contribution in [2.75, 3.05) is 27.2 Å². The van der Waals surface area contributed by atoms with E-state index in [9.17, 15) is 14.7 Å². The number of carbonyl (C=O) groups excluding carboxylic acids is 1. The number of hydrogen-bond acceptors (Lipinski definition) is 3. The first-order valence-corrected chi connectivity index (χ1v) is 7.36. The van der Waals surface area contributed by atoms with Gasteiger partial charge in [-0.25, -0.2) is 0 Å². The Balaban J connectivity index is 2.72. The second kappa shape index (κ2) is 6.57. The van der Waals surface area contributed by atoms with Gasteiger partial charge in [-0.05, 0) is 39.8 Å². The Kier molecular flexibility index (Phi) is 5.57. The van der Waals surface area contributed by atoms with Crippen LogP contribution in [0.5, 0.6) is 0 Å². The molecule has 0 aromatic rings. The normalized spacial score (nSPS) is 22.9. The van der Waals surface area contributed by atoms with Crippen LogP contribution < -0.4 is 0 Å². The molecule has 5 heteroatoms. The molecule has 1 rings (SSSR count). The van der Waals surface area contributed by atoms with E-state index in [1.807, 2.05) is 32.8 Å². The van der Waals surface area contributed by atoms with Crippen LogP contribution >= 0.6 is 0 Å². The molecule has 0 aliphatic carbocycles. The van der Waals surface area contributed by atoms with Crippen molar-refractivity contribution in [1.82, 2.24) is 9.80 Å². The molecule has 1 amide bonds. The van der Waals surface area contributed by atoms with Crippen LogP contribution in [0.1, 0.15) is 40.0 Å². The summed E-state index contributed by atoms with van der Waals surface area (Å²) in [7, 11) is 4.04. The number of hydrogen-bond donors (Lipinski definition) is 1. The Labute approximate surface area is 121 Å². The van der Waals surface area contributed by atoms with Crippen molar-refractivity contribution in [3.05, 3.63) is 0 Å². The van der Waals surface area contributed by atoms with Gasteiger partial charge in [0.05, 0.1) is 5.41 Å². The van der Waals surface area contributed by atoms with E-state index < -0.39 is 11.4 Å². The molecule has 1 aliphatic rings. The summed E-state index contributed by atoms with van der Waals surface area (Å²) in [5.74, 6) is -0.990. The van der Waals surface area contributed by atoms with Gasteiger partial charge in [-0.2, -0.15) is 0 Å². The zero-order chi connectivity index (χ0) is 15.5. The molecule has 0 spiro atoms. The number of rotatable bonds is 5. The average molecular weight is 284 g/mol. The maximum absolute atomic E-state index is 12.4. The lowest BCUT2D eigenvalue weighted by Gasteiger charge is -2.38. The van der Waals surface area contributed by atoms with Gasteiger partial charge in [0, 0.05) is 25.6 Å². The number of amides is 1. The number of likely N-dealkylation sites (tertiary alicyclic amines) is 1. The van der Waals surface area contributed by atoms with Gasteiger partial charge in [0.15, 0.2) is 0 Å². The predicted octanol–water partition coefficient (Wildman–Crippen LogP) is 1.68. The molecule has 1 fully saturated rings. The first-order valence-electron chi connectivity index (χ1n) is 7.36. The van der Waals surface area contributed by atoms with Crippen LogP contribution in [0.4, 0.5) is 0 Å². The molecule has 20 heavy (non-hydrogen) atoms. The zero-order valence-corrected chi connectivity index (χ0v) is 13.3. The first kappa shape index (κ1) is 17.0. The molecule has 5 nitrogen and oxygen atoms in total. The quantitative estimate of drug-likeness (QED) is 0.834. The summed E-state index contributed by atoms with van der Waals surface area (Å²) in [6.45, 7) is 6.85. The van der Waals surface area contributed by atoms with Gasteiger partial charge in [0.1, 0.15) is 0 Å². The van der Waals surface area contributed by atoms with Gasteiger partial charge >= 0.3 is 5.97 Å². The van der Waals surface area contributed by atoms with Crippen LogP contribution in [-0.2, 0) is 9.59 Å². The standard InChI is InChI=1S/C15H28N2O3/c1-11(2)15(3,14(19)20)9-13(18)17-8-6-7-12(10-17)16(4)5/h11-12H,6-10H2,1-5H3,(H,19,20). The van der Waals surface area contributed by atoms with E-state index >= 15 is 0 Å². The molecule has 0 aromatic heterocycles. The molecular weight excluding hydrogens is 256 g/mol. The molecule has 0 aromatic carbocycles. The molecular formula is C15H28N2O3. The highest BCUT2D eigenvalue weighted by Gasteiger charge is 2.40. The van der Waals surface area contributed by atoms with Crippen LogP contribution in [0.15, 0.2) is 0 Å². The summed E-state index contributed by atoms with van der Waals surface area (Å²) in [5, 5.41) is 9.41. The van der Waals surface area contributed by atoms with E-state index in [2.05, 4.69) is 4.90 Å². The van der Waals surface area contributed by atoms with Crippen LogP contribution in [0.3, 0.4) is 0 Å². The summed E-state index contributed by atoms with van der Waals surface area (Å²) >= 11 is 0. The number of carbonyl (C=O) groups is 2. The highest BCUT2D eigenvalue weighted by atomic mass is 16.4. The van der Waals surface area contributed by atoms with Gasteiger partial charge in [0.2, 0.25) is 5.91 Å². The van der Waals surface area contributed by atoms with Crippen LogP contribution in [0.2, 0.25) is 0 Å².